The van der Waals surface area contributed by atoms with Gasteiger partial charge in [-0.25, -0.2) is 19.2 Å². The Labute approximate surface area is 234 Å². The van der Waals surface area contributed by atoms with Crippen LogP contribution in [0.15, 0.2) is 42.5 Å². The number of rotatable bonds is 8. The zero-order valence-electron chi connectivity index (χ0n) is 21.4. The van der Waals surface area contributed by atoms with Crippen molar-refractivity contribution in [3.05, 3.63) is 87.1 Å². The van der Waals surface area contributed by atoms with Crippen molar-refractivity contribution in [3.8, 4) is 11.9 Å². The molecule has 9 nitrogen and oxygen atoms in total. The number of carbonyl (C=O) groups is 1. The summed E-state index contributed by atoms with van der Waals surface area (Å²) >= 11 is 5.84. The van der Waals surface area contributed by atoms with Gasteiger partial charge in [-0.1, -0.05) is 17.7 Å². The van der Waals surface area contributed by atoms with Crippen LogP contribution in [-0.2, 0) is 37.4 Å². The summed E-state index contributed by atoms with van der Waals surface area (Å²) in [6.45, 7) is 3.01. The molecule has 0 aliphatic carbocycles. The minimum absolute atomic E-state index is 0.0722. The summed E-state index contributed by atoms with van der Waals surface area (Å²) in [5.41, 5.74) is 4.09. The smallest absolute Gasteiger partial charge is 0.335 e. The molecule has 0 bridgehead atoms. The van der Waals surface area contributed by atoms with Crippen LogP contribution in [0.2, 0.25) is 5.02 Å². The van der Waals surface area contributed by atoms with E-state index in [4.69, 9.17) is 26.1 Å². The second-order valence-electron chi connectivity index (χ2n) is 9.97. The molecule has 2 aromatic carbocycles. The third-order valence-corrected chi connectivity index (χ3v) is 7.58. The average molecular weight is 562 g/mol. The number of fused-ring (bicyclic) bond motifs is 2. The number of halogens is 2. The van der Waals surface area contributed by atoms with E-state index in [2.05, 4.69) is 20.5 Å². The second-order valence-corrected chi connectivity index (χ2v) is 10.4. The molecule has 0 spiro atoms. The maximum absolute atomic E-state index is 14.2. The summed E-state index contributed by atoms with van der Waals surface area (Å²) in [7, 11) is 0. The standard InChI is InChI=1S/C29H25ClFN5O4/c30-21-3-1-19(23(31)11-21)16-40-28-20(12-32)9-17-5-7-35(14-25(17)34-28)15-27-33-24-4-2-18(29(37)38)10-26(24)36(27)13-22-6-8-39-22/h1-4,9-11,22H,5-8,13-16H2,(H,37,38)/t22-/m0/s1. The fraction of sp³-hybridized carbons (Fsp3) is 0.310. The monoisotopic (exact) mass is 561 g/mol. The molecule has 1 fully saturated rings. The van der Waals surface area contributed by atoms with Crippen LogP contribution < -0.4 is 4.74 Å². The SMILES string of the molecule is N#Cc1cc2c(nc1OCc1ccc(Cl)cc1F)CN(Cc1nc3ccc(C(=O)O)cc3n1C[C@@H]1CCO1)CC2. The van der Waals surface area contributed by atoms with Gasteiger partial charge in [0.2, 0.25) is 5.88 Å². The van der Waals surface area contributed by atoms with Crippen LogP contribution in [0.5, 0.6) is 5.88 Å². The van der Waals surface area contributed by atoms with Gasteiger partial charge >= 0.3 is 5.97 Å². The molecule has 4 heterocycles. The fourth-order valence-corrected chi connectivity index (χ4v) is 5.23. The van der Waals surface area contributed by atoms with Crippen LogP contribution in [-0.4, -0.2) is 49.8 Å². The van der Waals surface area contributed by atoms with Crippen molar-refractivity contribution >= 4 is 28.6 Å². The number of carboxylic acids is 1. The minimum atomic E-state index is -0.983. The Kier molecular flexibility index (Phi) is 7.11. The van der Waals surface area contributed by atoms with Crippen molar-refractivity contribution in [2.45, 2.75) is 45.2 Å². The van der Waals surface area contributed by atoms with Gasteiger partial charge < -0.3 is 19.1 Å². The van der Waals surface area contributed by atoms with Gasteiger partial charge in [-0.3, -0.25) is 4.90 Å². The molecule has 6 rings (SSSR count). The van der Waals surface area contributed by atoms with E-state index in [-0.39, 0.29) is 24.2 Å². The van der Waals surface area contributed by atoms with Crippen LogP contribution >= 0.6 is 11.6 Å². The third kappa shape index (κ3) is 5.23. The highest BCUT2D eigenvalue weighted by atomic mass is 35.5. The first kappa shape index (κ1) is 26.2. The van der Waals surface area contributed by atoms with Gasteiger partial charge in [0.15, 0.2) is 0 Å². The van der Waals surface area contributed by atoms with E-state index in [1.54, 1.807) is 36.4 Å². The summed E-state index contributed by atoms with van der Waals surface area (Å²) < 4.78 is 27.8. The van der Waals surface area contributed by atoms with E-state index < -0.39 is 11.8 Å². The van der Waals surface area contributed by atoms with Crippen molar-refractivity contribution in [2.24, 2.45) is 0 Å². The van der Waals surface area contributed by atoms with Gasteiger partial charge in [0.25, 0.3) is 0 Å². The third-order valence-electron chi connectivity index (χ3n) is 7.35. The zero-order valence-corrected chi connectivity index (χ0v) is 22.2. The number of hydrogen-bond donors (Lipinski definition) is 1. The predicted octanol–water partition coefficient (Wildman–Crippen LogP) is 4.72. The van der Waals surface area contributed by atoms with Crippen molar-refractivity contribution in [3.63, 3.8) is 0 Å². The van der Waals surface area contributed by atoms with E-state index in [0.29, 0.717) is 42.2 Å². The van der Waals surface area contributed by atoms with Gasteiger partial charge in [-0.15, -0.1) is 0 Å². The number of aromatic carboxylic acids is 1. The molecule has 0 amide bonds. The molecule has 0 unspecified atom stereocenters. The zero-order chi connectivity index (χ0) is 27.8. The maximum atomic E-state index is 14.2. The number of ether oxygens (including phenoxy) is 2. The number of pyridine rings is 1. The Morgan fingerprint density at radius 3 is 2.83 bits per heavy atom. The largest absolute Gasteiger partial charge is 0.478 e. The highest BCUT2D eigenvalue weighted by Crippen LogP contribution is 2.28. The van der Waals surface area contributed by atoms with Crippen molar-refractivity contribution < 1.29 is 23.8 Å². The lowest BCUT2D eigenvalue weighted by atomic mass is 10.0. The van der Waals surface area contributed by atoms with Gasteiger partial charge in [-0.2, -0.15) is 5.26 Å². The van der Waals surface area contributed by atoms with Crippen molar-refractivity contribution in [1.29, 1.82) is 5.26 Å². The predicted molar refractivity (Wildman–Crippen MR) is 144 cm³/mol. The van der Waals surface area contributed by atoms with Crippen molar-refractivity contribution in [1.82, 2.24) is 19.4 Å². The molecule has 1 saturated heterocycles. The number of imidazole rings is 1. The molecule has 0 radical (unpaired) electrons. The van der Waals surface area contributed by atoms with Crippen LogP contribution in [0.1, 0.15) is 45.0 Å². The lowest BCUT2D eigenvalue weighted by Crippen LogP contribution is -2.34. The number of nitrogens with zero attached hydrogens (tertiary/aromatic N) is 5. The van der Waals surface area contributed by atoms with Gasteiger partial charge in [-0.05, 0) is 54.8 Å². The first-order valence-electron chi connectivity index (χ1n) is 12.9. The number of carboxylic acid groups (broad SMARTS) is 1. The van der Waals surface area contributed by atoms with E-state index in [1.165, 1.54) is 6.07 Å². The van der Waals surface area contributed by atoms with Crippen molar-refractivity contribution in [2.75, 3.05) is 13.2 Å². The summed E-state index contributed by atoms with van der Waals surface area (Å²) in [5, 5.41) is 19.5. The number of nitriles is 1. The Morgan fingerprint density at radius 1 is 1.25 bits per heavy atom. The molecule has 2 aromatic heterocycles. The Bertz CT molecular complexity index is 1660. The summed E-state index contributed by atoms with van der Waals surface area (Å²) in [6.07, 6.45) is 1.71. The van der Waals surface area contributed by atoms with Gasteiger partial charge in [0, 0.05) is 30.3 Å². The van der Waals surface area contributed by atoms with Crippen LogP contribution in [0.4, 0.5) is 4.39 Å². The number of aromatic nitrogens is 3. The Hall–Kier alpha value is -4.04. The maximum Gasteiger partial charge on any atom is 0.335 e. The molecule has 4 aromatic rings. The lowest BCUT2D eigenvalue weighted by molar-refractivity contribution is -0.0592. The molecule has 2 aliphatic rings. The molecular formula is C29H25ClFN5O4. The molecule has 204 valence electrons. The number of hydrogen-bond acceptors (Lipinski definition) is 7. The van der Waals surface area contributed by atoms with Crippen LogP contribution in [0.25, 0.3) is 11.0 Å². The van der Waals surface area contributed by atoms with E-state index in [9.17, 15) is 19.6 Å². The summed E-state index contributed by atoms with van der Waals surface area (Å²) in [4.78, 5) is 23.3. The molecular weight excluding hydrogens is 537 g/mol. The highest BCUT2D eigenvalue weighted by molar-refractivity contribution is 6.30. The quantitative estimate of drug-likeness (QED) is 0.329. The van der Waals surface area contributed by atoms with E-state index in [1.807, 2.05) is 0 Å². The fourth-order valence-electron chi connectivity index (χ4n) is 5.07. The molecule has 2 aliphatic heterocycles. The van der Waals surface area contributed by atoms with Crippen LogP contribution in [0, 0.1) is 17.1 Å². The highest BCUT2D eigenvalue weighted by Gasteiger charge is 2.26. The van der Waals surface area contributed by atoms with Gasteiger partial charge in [0.1, 0.15) is 29.9 Å². The topological polar surface area (TPSA) is 114 Å². The normalized spacial score (nSPS) is 16.8. The summed E-state index contributed by atoms with van der Waals surface area (Å²) in [6, 6.07) is 13.3. The molecule has 1 atom stereocenters. The first-order valence-corrected chi connectivity index (χ1v) is 13.3. The Balaban J connectivity index is 1.24. The molecule has 40 heavy (non-hydrogen) atoms. The van der Waals surface area contributed by atoms with E-state index >= 15 is 0 Å². The molecule has 1 N–H and O–H groups in total. The first-order chi connectivity index (χ1) is 19.4. The molecule has 11 heteroatoms. The second kappa shape index (κ2) is 10.8. The lowest BCUT2D eigenvalue weighted by Gasteiger charge is -2.30. The minimum Gasteiger partial charge on any atom is -0.478 e. The number of benzene rings is 2. The summed E-state index contributed by atoms with van der Waals surface area (Å²) in [5.74, 6) is -0.489. The van der Waals surface area contributed by atoms with Gasteiger partial charge in [0.05, 0.1) is 41.5 Å². The average Bonchev–Trinajstić information content (AvgIpc) is 3.25. The van der Waals surface area contributed by atoms with E-state index in [0.717, 1.165) is 47.7 Å². The Morgan fingerprint density at radius 2 is 2.10 bits per heavy atom. The van der Waals surface area contributed by atoms with Crippen LogP contribution in [0.3, 0.4) is 0 Å². The molecule has 0 saturated carbocycles.